The fourth-order valence-corrected chi connectivity index (χ4v) is 3.15. The minimum Gasteiger partial charge on any atom is -0.337 e. The number of carbonyl (C=O) groups excluding carboxylic acids is 1. The molecule has 0 radical (unpaired) electrons. The Balaban J connectivity index is 1.65. The molecular formula is C14H21FN4O3S. The summed E-state index contributed by atoms with van der Waals surface area (Å²) in [5.41, 5.74) is 0.519. The van der Waals surface area contributed by atoms with Gasteiger partial charge in [0.15, 0.2) is 0 Å². The predicted octanol–water partition coefficient (Wildman–Crippen LogP) is 0.524. The quantitative estimate of drug-likeness (QED) is 0.816. The fraction of sp³-hybridized carbons (Fsp3) is 0.500. The average molecular weight is 344 g/mol. The van der Waals surface area contributed by atoms with Gasteiger partial charge in [-0.25, -0.2) is 17.6 Å². The van der Waals surface area contributed by atoms with Crippen molar-refractivity contribution in [3.8, 4) is 0 Å². The Morgan fingerprint density at radius 1 is 1.17 bits per heavy atom. The third-order valence-corrected chi connectivity index (χ3v) is 4.92. The van der Waals surface area contributed by atoms with E-state index in [1.807, 2.05) is 0 Å². The minimum atomic E-state index is -3.12. The van der Waals surface area contributed by atoms with E-state index < -0.39 is 10.0 Å². The molecule has 128 valence electrons. The van der Waals surface area contributed by atoms with Crippen LogP contribution in [-0.2, 0) is 10.0 Å². The molecule has 2 N–H and O–H groups in total. The first kappa shape index (κ1) is 17.6. The van der Waals surface area contributed by atoms with Crippen molar-refractivity contribution in [3.63, 3.8) is 0 Å². The van der Waals surface area contributed by atoms with Crippen molar-refractivity contribution in [2.24, 2.45) is 0 Å². The van der Waals surface area contributed by atoms with E-state index in [0.717, 1.165) is 0 Å². The molecule has 1 aliphatic rings. The maximum atomic E-state index is 12.8. The molecule has 9 heteroatoms. The maximum absolute atomic E-state index is 12.8. The summed E-state index contributed by atoms with van der Waals surface area (Å²) in [6.07, 6.45) is 1.21. The largest absolute Gasteiger partial charge is 0.337 e. The lowest BCUT2D eigenvalue weighted by atomic mass is 10.3. The molecule has 0 atom stereocenters. The highest BCUT2D eigenvalue weighted by Crippen LogP contribution is 2.08. The molecule has 1 aromatic carbocycles. The van der Waals surface area contributed by atoms with Crippen LogP contribution < -0.4 is 10.6 Å². The van der Waals surface area contributed by atoms with E-state index in [1.165, 1.54) is 34.8 Å². The van der Waals surface area contributed by atoms with E-state index in [9.17, 15) is 17.6 Å². The molecule has 2 rings (SSSR count). The van der Waals surface area contributed by atoms with E-state index in [4.69, 9.17) is 0 Å². The number of urea groups is 1. The number of carbonyl (C=O) groups is 1. The van der Waals surface area contributed by atoms with E-state index in [0.29, 0.717) is 45.0 Å². The topological polar surface area (TPSA) is 81.8 Å². The molecule has 1 heterocycles. The predicted molar refractivity (Wildman–Crippen MR) is 86.3 cm³/mol. The molecule has 0 saturated carbocycles. The Hall–Kier alpha value is -1.71. The van der Waals surface area contributed by atoms with E-state index in [-0.39, 0.29) is 11.8 Å². The number of anilines is 1. The molecule has 1 aliphatic heterocycles. The zero-order chi connectivity index (χ0) is 16.9. The lowest BCUT2D eigenvalue weighted by Crippen LogP contribution is -2.50. The summed E-state index contributed by atoms with van der Waals surface area (Å²) in [6.45, 7) is 3.34. The molecule has 0 aliphatic carbocycles. The SMILES string of the molecule is CS(=O)(=O)N1CCN(CCNC(=O)Nc2ccc(F)cc2)CC1. The lowest BCUT2D eigenvalue weighted by Gasteiger charge is -2.33. The Kier molecular flexibility index (Phi) is 5.91. The van der Waals surface area contributed by atoms with Gasteiger partial charge in [0.1, 0.15) is 5.82 Å². The third kappa shape index (κ3) is 5.77. The van der Waals surface area contributed by atoms with Crippen LogP contribution in [0, 0.1) is 5.82 Å². The van der Waals surface area contributed by atoms with E-state index >= 15 is 0 Å². The van der Waals surface area contributed by atoms with Crippen molar-refractivity contribution in [2.75, 3.05) is 50.8 Å². The number of amides is 2. The van der Waals surface area contributed by atoms with Gasteiger partial charge in [0.25, 0.3) is 0 Å². The number of hydrogen-bond donors (Lipinski definition) is 2. The number of hydrogen-bond acceptors (Lipinski definition) is 4. The first-order valence-electron chi connectivity index (χ1n) is 7.32. The Labute approximate surface area is 135 Å². The fourth-order valence-electron chi connectivity index (χ4n) is 2.32. The molecule has 0 bridgehead atoms. The van der Waals surface area contributed by atoms with Crippen LogP contribution in [-0.4, -0.2) is 69.2 Å². The highest BCUT2D eigenvalue weighted by atomic mass is 32.2. The third-order valence-electron chi connectivity index (χ3n) is 3.62. The minimum absolute atomic E-state index is 0.355. The smallest absolute Gasteiger partial charge is 0.319 e. The van der Waals surface area contributed by atoms with Crippen molar-refractivity contribution in [3.05, 3.63) is 30.1 Å². The van der Waals surface area contributed by atoms with Gasteiger partial charge < -0.3 is 10.6 Å². The van der Waals surface area contributed by atoms with Crippen LogP contribution in [0.25, 0.3) is 0 Å². The maximum Gasteiger partial charge on any atom is 0.319 e. The standard InChI is InChI=1S/C14H21FN4O3S/c1-23(21,22)19-10-8-18(9-11-19)7-6-16-14(20)17-13-4-2-12(15)3-5-13/h2-5H,6-11H2,1H3,(H2,16,17,20). The first-order valence-corrected chi connectivity index (χ1v) is 9.17. The van der Waals surface area contributed by atoms with Crippen LogP contribution in [0.4, 0.5) is 14.9 Å². The highest BCUT2D eigenvalue weighted by molar-refractivity contribution is 7.88. The van der Waals surface area contributed by atoms with Gasteiger partial charge in [-0.1, -0.05) is 0 Å². The van der Waals surface area contributed by atoms with Crippen LogP contribution in [0.15, 0.2) is 24.3 Å². The Morgan fingerprint density at radius 2 is 1.78 bits per heavy atom. The van der Waals surface area contributed by atoms with E-state index in [1.54, 1.807) is 0 Å². The van der Waals surface area contributed by atoms with Gasteiger partial charge in [0.05, 0.1) is 6.26 Å². The molecule has 1 fully saturated rings. The molecule has 1 aromatic rings. The van der Waals surface area contributed by atoms with Gasteiger partial charge in [0.2, 0.25) is 10.0 Å². The summed E-state index contributed by atoms with van der Waals surface area (Å²) in [7, 11) is -3.12. The molecule has 2 amide bonds. The van der Waals surface area contributed by atoms with Crippen molar-refractivity contribution in [2.45, 2.75) is 0 Å². The molecule has 23 heavy (non-hydrogen) atoms. The van der Waals surface area contributed by atoms with Gasteiger partial charge in [-0.2, -0.15) is 4.31 Å². The van der Waals surface area contributed by atoms with Crippen LogP contribution in [0.3, 0.4) is 0 Å². The number of sulfonamides is 1. The summed E-state index contributed by atoms with van der Waals surface area (Å²) in [4.78, 5) is 13.8. The first-order chi connectivity index (χ1) is 10.8. The van der Waals surface area contributed by atoms with Gasteiger partial charge in [0, 0.05) is 45.0 Å². The molecule has 7 nitrogen and oxygen atoms in total. The van der Waals surface area contributed by atoms with Crippen molar-refractivity contribution in [1.82, 2.24) is 14.5 Å². The zero-order valence-electron chi connectivity index (χ0n) is 13.0. The zero-order valence-corrected chi connectivity index (χ0v) is 13.8. The number of benzene rings is 1. The number of nitrogens with zero attached hydrogens (tertiary/aromatic N) is 2. The lowest BCUT2D eigenvalue weighted by molar-refractivity contribution is 0.189. The number of piperazine rings is 1. The Bertz CT molecular complexity index is 628. The van der Waals surface area contributed by atoms with Gasteiger partial charge in [-0.3, -0.25) is 4.90 Å². The molecular weight excluding hydrogens is 323 g/mol. The van der Waals surface area contributed by atoms with E-state index in [2.05, 4.69) is 15.5 Å². The van der Waals surface area contributed by atoms with Crippen molar-refractivity contribution < 1.29 is 17.6 Å². The van der Waals surface area contributed by atoms with Gasteiger partial charge in [-0.15, -0.1) is 0 Å². The van der Waals surface area contributed by atoms with Crippen molar-refractivity contribution in [1.29, 1.82) is 0 Å². The molecule has 0 unspecified atom stereocenters. The normalized spacial score (nSPS) is 17.0. The number of rotatable bonds is 5. The molecule has 0 aromatic heterocycles. The molecule has 0 spiro atoms. The van der Waals surface area contributed by atoms with Crippen LogP contribution in [0.5, 0.6) is 0 Å². The van der Waals surface area contributed by atoms with Crippen LogP contribution in [0.2, 0.25) is 0 Å². The van der Waals surface area contributed by atoms with Crippen LogP contribution >= 0.6 is 0 Å². The average Bonchev–Trinajstić information content (AvgIpc) is 2.49. The summed E-state index contributed by atoms with van der Waals surface area (Å²) >= 11 is 0. The summed E-state index contributed by atoms with van der Waals surface area (Å²) in [5.74, 6) is -0.357. The number of nitrogens with one attached hydrogen (secondary N) is 2. The van der Waals surface area contributed by atoms with Crippen molar-refractivity contribution >= 4 is 21.7 Å². The highest BCUT2D eigenvalue weighted by Gasteiger charge is 2.22. The molecule has 1 saturated heterocycles. The monoisotopic (exact) mass is 344 g/mol. The Morgan fingerprint density at radius 3 is 2.35 bits per heavy atom. The van der Waals surface area contributed by atoms with Gasteiger partial charge >= 0.3 is 6.03 Å². The number of halogens is 1. The second kappa shape index (κ2) is 7.71. The second-order valence-corrected chi connectivity index (χ2v) is 7.37. The summed E-state index contributed by atoms with van der Waals surface area (Å²) < 4.78 is 37.0. The summed E-state index contributed by atoms with van der Waals surface area (Å²) in [6, 6.07) is 5.17. The second-order valence-electron chi connectivity index (χ2n) is 5.39. The summed E-state index contributed by atoms with van der Waals surface area (Å²) in [5, 5.41) is 5.33. The van der Waals surface area contributed by atoms with Gasteiger partial charge in [-0.05, 0) is 24.3 Å². The van der Waals surface area contributed by atoms with Crippen LogP contribution in [0.1, 0.15) is 0 Å².